The van der Waals surface area contributed by atoms with E-state index in [1.165, 1.54) is 0 Å². The summed E-state index contributed by atoms with van der Waals surface area (Å²) in [7, 11) is 0. The number of nitrogens with zero attached hydrogens (tertiary/aromatic N) is 2. The molecule has 7 heavy (non-hydrogen) atoms. The smallest absolute Gasteiger partial charge is 0.214 e. The van der Waals surface area contributed by atoms with Gasteiger partial charge in [-0.2, -0.15) is 0 Å². The van der Waals surface area contributed by atoms with Crippen LogP contribution in [0.2, 0.25) is 0 Å². The maximum Gasteiger partial charge on any atom is 0.214 e. The third-order valence-electron chi connectivity index (χ3n) is 0.156. The summed E-state index contributed by atoms with van der Waals surface area (Å²) in [6, 6.07) is 0. The van der Waals surface area contributed by atoms with Crippen molar-refractivity contribution in [1.82, 2.24) is 0 Å². The van der Waals surface area contributed by atoms with E-state index < -0.39 is 0 Å². The van der Waals surface area contributed by atoms with Gasteiger partial charge in [0.2, 0.25) is 5.96 Å². The average Bonchev–Trinajstić information content (AvgIpc) is 1.35. The van der Waals surface area contributed by atoms with Crippen molar-refractivity contribution in [2.45, 2.75) is 0 Å². The van der Waals surface area contributed by atoms with Gasteiger partial charge in [0.25, 0.3) is 0 Å². The minimum atomic E-state index is -0.315. The quantitative estimate of drug-likeness (QED) is 0.211. The number of hydrogen-bond acceptors (Lipinski definition) is 2. The molecular formula is CH4AuN4O. The summed E-state index contributed by atoms with van der Waals surface area (Å²) in [5.41, 5.74) is 9.27. The molecule has 0 amide bonds. The first-order valence-electron chi connectivity index (χ1n) is 1.18. The van der Waals surface area contributed by atoms with Crippen molar-refractivity contribution in [2.75, 3.05) is 0 Å². The average molecular weight is 285 g/mol. The monoisotopic (exact) mass is 285 g/mol. The predicted molar refractivity (Wildman–Crippen MR) is 21.6 cm³/mol. The summed E-state index contributed by atoms with van der Waals surface area (Å²) in [6.07, 6.45) is 0. The molecule has 0 fully saturated rings. The molecule has 45 valence electrons. The summed E-state index contributed by atoms with van der Waals surface area (Å²) >= 11 is 0. The summed E-state index contributed by atoms with van der Waals surface area (Å²) < 4.78 is 0. The van der Waals surface area contributed by atoms with Gasteiger partial charge in [-0.05, 0) is 0 Å². The molecule has 0 bridgehead atoms. The van der Waals surface area contributed by atoms with Gasteiger partial charge in [0.05, 0.1) is 5.29 Å². The van der Waals surface area contributed by atoms with Crippen LogP contribution < -0.4 is 11.5 Å². The first-order chi connectivity index (χ1) is 2.77. The zero-order chi connectivity index (χ0) is 4.99. The van der Waals surface area contributed by atoms with Crippen LogP contribution in [0, 0.1) is 4.91 Å². The van der Waals surface area contributed by atoms with E-state index in [0.717, 1.165) is 0 Å². The molecule has 0 aliphatic carbocycles. The minimum Gasteiger partial charge on any atom is -0.368 e. The SMILES string of the molecule is NC(N)=NN=O.[Au]. The molecule has 4 N–H and O–H groups in total. The second-order valence-electron chi connectivity index (χ2n) is 0.607. The van der Waals surface area contributed by atoms with E-state index in [1.54, 1.807) is 0 Å². The van der Waals surface area contributed by atoms with E-state index in [1.807, 2.05) is 5.29 Å². The molecule has 0 heterocycles. The van der Waals surface area contributed by atoms with Crippen molar-refractivity contribution in [2.24, 2.45) is 21.9 Å². The zero-order valence-corrected chi connectivity index (χ0v) is 5.43. The Balaban J connectivity index is 0. The van der Waals surface area contributed by atoms with Crippen LogP contribution in [0.1, 0.15) is 0 Å². The molecule has 0 saturated heterocycles. The van der Waals surface area contributed by atoms with Gasteiger partial charge in [0.15, 0.2) is 0 Å². The van der Waals surface area contributed by atoms with E-state index in [4.69, 9.17) is 4.91 Å². The van der Waals surface area contributed by atoms with Crippen LogP contribution in [-0.4, -0.2) is 5.96 Å². The van der Waals surface area contributed by atoms with Crippen LogP contribution in [0.25, 0.3) is 0 Å². The van der Waals surface area contributed by atoms with Gasteiger partial charge in [-0.15, -0.1) is 4.91 Å². The standard InChI is InChI=1S/CH4N4O.Au/c2-1(3)4-5-6;/h(H4,2,3,4,6);. The van der Waals surface area contributed by atoms with Gasteiger partial charge in [-0.25, -0.2) is 0 Å². The topological polar surface area (TPSA) is 93.8 Å². The molecule has 0 spiro atoms. The Hall–Kier alpha value is -0.390. The van der Waals surface area contributed by atoms with Crippen molar-refractivity contribution in [3.05, 3.63) is 4.91 Å². The Morgan fingerprint density at radius 1 is 1.43 bits per heavy atom. The van der Waals surface area contributed by atoms with E-state index in [0.29, 0.717) is 0 Å². The third kappa shape index (κ3) is 10.7. The summed E-state index contributed by atoms with van der Waals surface area (Å²) in [4.78, 5) is 9.02. The fourth-order valence-electron chi connectivity index (χ4n) is 0.0471. The van der Waals surface area contributed by atoms with E-state index in [2.05, 4.69) is 16.6 Å². The third-order valence-corrected chi connectivity index (χ3v) is 0.156. The van der Waals surface area contributed by atoms with Crippen LogP contribution in [0.15, 0.2) is 10.4 Å². The number of nitrogens with two attached hydrogens (primary N) is 2. The molecule has 0 aromatic rings. The summed E-state index contributed by atoms with van der Waals surface area (Å²) in [5, 5.41) is 4.69. The molecule has 5 nitrogen and oxygen atoms in total. The Kier molecular flexibility index (Phi) is 7.85. The molecule has 0 atom stereocenters. The summed E-state index contributed by atoms with van der Waals surface area (Å²) in [6.45, 7) is 0. The zero-order valence-electron chi connectivity index (χ0n) is 3.26. The van der Waals surface area contributed by atoms with Crippen molar-refractivity contribution < 1.29 is 22.4 Å². The van der Waals surface area contributed by atoms with Crippen LogP contribution in [0.5, 0.6) is 0 Å². The molecule has 0 aliphatic heterocycles. The predicted octanol–water partition coefficient (Wildman–Crippen LogP) is -1.06. The Morgan fingerprint density at radius 2 is 1.86 bits per heavy atom. The number of guanidine groups is 1. The van der Waals surface area contributed by atoms with Crippen molar-refractivity contribution in [1.29, 1.82) is 0 Å². The number of rotatable bonds is 1. The number of nitroso groups, excluding NO2 is 1. The Labute approximate surface area is 55.6 Å². The molecule has 0 rings (SSSR count). The molecule has 0 aromatic heterocycles. The molecule has 0 aromatic carbocycles. The minimum absolute atomic E-state index is 0. The Bertz CT molecular complexity index is 75.8. The maximum absolute atomic E-state index is 9.02. The second kappa shape index (κ2) is 5.61. The first-order valence-corrected chi connectivity index (χ1v) is 1.18. The molecule has 0 saturated carbocycles. The summed E-state index contributed by atoms with van der Waals surface area (Å²) in [5.74, 6) is -0.315. The van der Waals surface area contributed by atoms with Gasteiger partial charge in [0.1, 0.15) is 0 Å². The van der Waals surface area contributed by atoms with Crippen LogP contribution >= 0.6 is 0 Å². The molecule has 6 heteroatoms. The van der Waals surface area contributed by atoms with Crippen molar-refractivity contribution in [3.8, 4) is 0 Å². The van der Waals surface area contributed by atoms with Crippen LogP contribution in [0.4, 0.5) is 0 Å². The van der Waals surface area contributed by atoms with Crippen molar-refractivity contribution >= 4 is 5.96 Å². The van der Waals surface area contributed by atoms with Gasteiger partial charge in [-0.1, -0.05) is 5.10 Å². The van der Waals surface area contributed by atoms with Crippen LogP contribution in [-0.2, 0) is 22.4 Å². The van der Waals surface area contributed by atoms with Gasteiger partial charge < -0.3 is 11.5 Å². The largest absolute Gasteiger partial charge is 0.368 e. The van der Waals surface area contributed by atoms with Gasteiger partial charge in [0, 0.05) is 22.4 Å². The second-order valence-corrected chi connectivity index (χ2v) is 0.607. The van der Waals surface area contributed by atoms with Gasteiger partial charge in [-0.3, -0.25) is 0 Å². The fourth-order valence-corrected chi connectivity index (χ4v) is 0.0471. The van der Waals surface area contributed by atoms with E-state index in [9.17, 15) is 0 Å². The first kappa shape index (κ1) is 9.79. The van der Waals surface area contributed by atoms with Gasteiger partial charge >= 0.3 is 0 Å². The maximum atomic E-state index is 9.02. The fraction of sp³-hybridized carbons (Fsp3) is 0. The van der Waals surface area contributed by atoms with E-state index >= 15 is 0 Å². The Morgan fingerprint density at radius 3 is 1.86 bits per heavy atom. The normalized spacial score (nSPS) is 5.71. The van der Waals surface area contributed by atoms with Crippen molar-refractivity contribution in [3.63, 3.8) is 0 Å². The van der Waals surface area contributed by atoms with E-state index in [-0.39, 0.29) is 28.3 Å². The molecule has 0 unspecified atom stereocenters. The van der Waals surface area contributed by atoms with Crippen LogP contribution in [0.3, 0.4) is 0 Å². The molecule has 1 radical (unpaired) electrons. The molecule has 0 aliphatic rings. The molecular weight excluding hydrogens is 281 g/mol. The number of hydrogen-bond donors (Lipinski definition) is 2.